The molecule has 1 N–H and O–H groups in total. The fourth-order valence-electron chi connectivity index (χ4n) is 0.740. The van der Waals surface area contributed by atoms with Crippen LogP contribution in [0, 0.1) is 0 Å². The van der Waals surface area contributed by atoms with Gasteiger partial charge in [0.05, 0.1) is 18.3 Å². The molecule has 9 heavy (non-hydrogen) atoms. The van der Waals surface area contributed by atoms with Gasteiger partial charge in [-0.25, -0.2) is 5.10 Å². The van der Waals surface area contributed by atoms with Gasteiger partial charge >= 0.3 is 0 Å². The van der Waals surface area contributed by atoms with Gasteiger partial charge in [-0.15, -0.1) is 0 Å². The van der Waals surface area contributed by atoms with Crippen LogP contribution in [0.2, 0.25) is 0 Å². The standard InChI is InChI=1S/C5H5N3O/c1-4-2-7-8-5(4)9-3-6-1/h2-3H,1H2,(H,7,8). The predicted octanol–water partition coefficient (Wildman–Crippen LogP) is 0.330. The SMILES string of the molecule is C1=NCc2cn[nH]c2O1. The molecule has 2 heterocycles. The third-order valence-corrected chi connectivity index (χ3v) is 1.18. The average Bonchev–Trinajstić information content (AvgIpc) is 2.33. The maximum atomic E-state index is 4.95. The van der Waals surface area contributed by atoms with Crippen LogP contribution in [-0.4, -0.2) is 16.6 Å². The first-order valence-corrected chi connectivity index (χ1v) is 2.64. The van der Waals surface area contributed by atoms with E-state index in [1.807, 2.05) is 0 Å². The van der Waals surface area contributed by atoms with E-state index in [4.69, 9.17) is 4.74 Å². The first kappa shape index (κ1) is 4.55. The van der Waals surface area contributed by atoms with Gasteiger partial charge in [0.25, 0.3) is 0 Å². The number of aliphatic imine (C=N–C) groups is 1. The minimum Gasteiger partial charge on any atom is -0.428 e. The topological polar surface area (TPSA) is 50.3 Å². The van der Waals surface area contributed by atoms with Gasteiger partial charge in [0.2, 0.25) is 5.88 Å². The summed E-state index contributed by atoms with van der Waals surface area (Å²) in [5.41, 5.74) is 1.01. The van der Waals surface area contributed by atoms with Crippen molar-refractivity contribution in [3.8, 4) is 5.88 Å². The van der Waals surface area contributed by atoms with Crippen LogP contribution < -0.4 is 4.74 Å². The number of hydrogen-bond acceptors (Lipinski definition) is 3. The molecule has 1 aromatic rings. The fraction of sp³-hybridized carbons (Fsp3) is 0.200. The number of hydrogen-bond donors (Lipinski definition) is 1. The van der Waals surface area contributed by atoms with Crippen LogP contribution >= 0.6 is 0 Å². The lowest BCUT2D eigenvalue weighted by Gasteiger charge is -2.01. The number of fused-ring (bicyclic) bond motifs is 1. The molecule has 0 aliphatic carbocycles. The molecule has 0 atom stereocenters. The molecule has 2 rings (SSSR count). The van der Waals surface area contributed by atoms with Gasteiger partial charge in [0.15, 0.2) is 6.40 Å². The molecule has 1 aliphatic heterocycles. The summed E-state index contributed by atoms with van der Waals surface area (Å²) in [6.07, 6.45) is 3.13. The number of nitrogens with zero attached hydrogens (tertiary/aromatic N) is 2. The van der Waals surface area contributed by atoms with Gasteiger partial charge in [0.1, 0.15) is 0 Å². The Bertz CT molecular complexity index is 218. The molecule has 46 valence electrons. The summed E-state index contributed by atoms with van der Waals surface area (Å²) in [7, 11) is 0. The van der Waals surface area contributed by atoms with Gasteiger partial charge in [-0.3, -0.25) is 4.99 Å². The Morgan fingerprint density at radius 3 is 3.56 bits per heavy atom. The summed E-state index contributed by atoms with van der Waals surface area (Å²) >= 11 is 0. The zero-order valence-electron chi connectivity index (χ0n) is 4.66. The van der Waals surface area contributed by atoms with Crippen LogP contribution in [-0.2, 0) is 6.54 Å². The zero-order chi connectivity index (χ0) is 6.10. The monoisotopic (exact) mass is 123 g/mol. The van der Waals surface area contributed by atoms with Crippen molar-refractivity contribution < 1.29 is 4.74 Å². The highest BCUT2D eigenvalue weighted by Gasteiger charge is 2.06. The van der Waals surface area contributed by atoms with E-state index in [1.165, 1.54) is 6.40 Å². The number of aromatic amines is 1. The molecule has 0 amide bonds. The van der Waals surface area contributed by atoms with Gasteiger partial charge in [-0.1, -0.05) is 0 Å². The molecule has 0 fully saturated rings. The van der Waals surface area contributed by atoms with Gasteiger partial charge in [-0.2, -0.15) is 5.10 Å². The second-order valence-electron chi connectivity index (χ2n) is 1.79. The Kier molecular flexibility index (Phi) is 0.798. The van der Waals surface area contributed by atoms with Gasteiger partial charge in [-0.05, 0) is 0 Å². The lowest BCUT2D eigenvalue weighted by atomic mass is 10.3. The normalized spacial score (nSPS) is 14.7. The van der Waals surface area contributed by atoms with Crippen molar-refractivity contribution in [3.05, 3.63) is 11.8 Å². The summed E-state index contributed by atoms with van der Waals surface area (Å²) in [6.45, 7) is 0.672. The predicted molar refractivity (Wildman–Crippen MR) is 31.4 cm³/mol. The molecule has 0 unspecified atom stereocenters. The summed E-state index contributed by atoms with van der Waals surface area (Å²) in [6, 6.07) is 0. The van der Waals surface area contributed by atoms with Crippen molar-refractivity contribution in [2.24, 2.45) is 4.99 Å². The molecule has 0 spiro atoms. The molecule has 1 aromatic heterocycles. The molecule has 0 bridgehead atoms. The largest absolute Gasteiger partial charge is 0.428 e. The van der Waals surface area contributed by atoms with Crippen LogP contribution in [0.15, 0.2) is 11.2 Å². The summed E-state index contributed by atoms with van der Waals surface area (Å²) in [5.74, 6) is 0.713. The van der Waals surface area contributed by atoms with E-state index in [0.29, 0.717) is 12.4 Å². The second-order valence-corrected chi connectivity index (χ2v) is 1.79. The lowest BCUT2D eigenvalue weighted by Crippen LogP contribution is -1.98. The first-order valence-electron chi connectivity index (χ1n) is 2.64. The zero-order valence-corrected chi connectivity index (χ0v) is 4.66. The van der Waals surface area contributed by atoms with Crippen molar-refractivity contribution in [2.45, 2.75) is 6.54 Å². The Labute approximate surface area is 51.6 Å². The summed E-state index contributed by atoms with van der Waals surface area (Å²) in [4.78, 5) is 3.88. The van der Waals surface area contributed by atoms with Gasteiger partial charge < -0.3 is 4.74 Å². The Morgan fingerprint density at radius 1 is 1.67 bits per heavy atom. The molecule has 0 saturated heterocycles. The van der Waals surface area contributed by atoms with E-state index < -0.39 is 0 Å². The molecular weight excluding hydrogens is 118 g/mol. The molecule has 0 radical (unpaired) electrons. The van der Waals surface area contributed by atoms with Crippen molar-refractivity contribution in [1.29, 1.82) is 0 Å². The third-order valence-electron chi connectivity index (χ3n) is 1.18. The maximum absolute atomic E-state index is 4.95. The minimum absolute atomic E-state index is 0.672. The van der Waals surface area contributed by atoms with Crippen molar-refractivity contribution in [3.63, 3.8) is 0 Å². The molecule has 4 nitrogen and oxygen atoms in total. The van der Waals surface area contributed by atoms with Crippen molar-refractivity contribution in [2.75, 3.05) is 0 Å². The van der Waals surface area contributed by atoms with Crippen LogP contribution in [0.3, 0.4) is 0 Å². The fourth-order valence-corrected chi connectivity index (χ4v) is 0.740. The number of nitrogens with one attached hydrogen (secondary N) is 1. The molecule has 0 saturated carbocycles. The Morgan fingerprint density at radius 2 is 2.67 bits per heavy atom. The summed E-state index contributed by atoms with van der Waals surface area (Å²) < 4.78 is 4.95. The van der Waals surface area contributed by atoms with E-state index in [-0.39, 0.29) is 0 Å². The van der Waals surface area contributed by atoms with Crippen LogP contribution in [0.5, 0.6) is 5.88 Å². The number of aromatic nitrogens is 2. The van der Waals surface area contributed by atoms with E-state index in [2.05, 4.69) is 15.2 Å². The molecular formula is C5H5N3O. The van der Waals surface area contributed by atoms with E-state index in [1.54, 1.807) is 6.20 Å². The highest BCUT2D eigenvalue weighted by atomic mass is 16.5. The molecule has 0 aromatic carbocycles. The summed E-state index contributed by atoms with van der Waals surface area (Å²) in [5, 5.41) is 6.47. The smallest absolute Gasteiger partial charge is 0.221 e. The van der Waals surface area contributed by atoms with Crippen LogP contribution in [0.1, 0.15) is 5.56 Å². The number of ether oxygens (including phenoxy) is 1. The first-order chi connectivity index (χ1) is 4.47. The van der Waals surface area contributed by atoms with E-state index in [9.17, 15) is 0 Å². The lowest BCUT2D eigenvalue weighted by molar-refractivity contribution is 0.523. The van der Waals surface area contributed by atoms with Crippen LogP contribution in [0.25, 0.3) is 0 Å². The van der Waals surface area contributed by atoms with Crippen LogP contribution in [0.4, 0.5) is 0 Å². The van der Waals surface area contributed by atoms with Gasteiger partial charge in [0, 0.05) is 0 Å². The van der Waals surface area contributed by atoms with Crippen molar-refractivity contribution >= 4 is 6.40 Å². The average molecular weight is 123 g/mol. The highest BCUT2D eigenvalue weighted by Crippen LogP contribution is 2.16. The third kappa shape index (κ3) is 0.595. The quantitative estimate of drug-likeness (QED) is 0.540. The Hall–Kier alpha value is -1.32. The minimum atomic E-state index is 0.672. The molecule has 4 heteroatoms. The number of rotatable bonds is 0. The maximum Gasteiger partial charge on any atom is 0.221 e. The van der Waals surface area contributed by atoms with Crippen molar-refractivity contribution in [1.82, 2.24) is 10.2 Å². The highest BCUT2D eigenvalue weighted by molar-refractivity contribution is 5.54. The Balaban J connectivity index is 2.46. The number of H-pyrrole nitrogens is 1. The van der Waals surface area contributed by atoms with E-state index in [0.717, 1.165) is 5.56 Å². The van der Waals surface area contributed by atoms with E-state index >= 15 is 0 Å². The molecule has 1 aliphatic rings. The second kappa shape index (κ2) is 1.58.